The van der Waals surface area contributed by atoms with Gasteiger partial charge in [-0.15, -0.1) is 0 Å². The average molecular weight is 348 g/mol. The van der Waals surface area contributed by atoms with Gasteiger partial charge in [-0.1, -0.05) is 36.4 Å². The first kappa shape index (κ1) is 18.4. The van der Waals surface area contributed by atoms with Gasteiger partial charge in [0.05, 0.1) is 0 Å². The zero-order valence-corrected chi connectivity index (χ0v) is 13.4. The number of para-hydroxylation sites is 1. The molecule has 0 atom stereocenters. The summed E-state index contributed by atoms with van der Waals surface area (Å²) in [5.74, 6) is -0.542. The van der Waals surface area contributed by atoms with Crippen LogP contribution < -0.4 is 15.4 Å². The molecule has 5 nitrogen and oxygen atoms in total. The lowest BCUT2D eigenvalue weighted by Gasteiger charge is -2.11. The predicted octanol–water partition coefficient (Wildman–Crippen LogP) is 2.72. The first-order valence-electron chi connectivity index (χ1n) is 7.69. The lowest BCUT2D eigenvalue weighted by Crippen LogP contribution is -2.30. The van der Waals surface area contributed by atoms with E-state index in [-0.39, 0.29) is 37.1 Å². The fourth-order valence-corrected chi connectivity index (χ4v) is 2.12. The highest BCUT2D eigenvalue weighted by Gasteiger charge is 2.10. The summed E-state index contributed by atoms with van der Waals surface area (Å²) >= 11 is 0. The van der Waals surface area contributed by atoms with E-state index in [1.165, 1.54) is 6.07 Å². The fraction of sp³-hybridized carbons (Fsp3) is 0.222. The fourth-order valence-electron chi connectivity index (χ4n) is 2.12. The number of benzene rings is 2. The second kappa shape index (κ2) is 9.36. The van der Waals surface area contributed by atoms with Gasteiger partial charge in [-0.05, 0) is 18.2 Å². The van der Waals surface area contributed by atoms with Crippen molar-refractivity contribution in [2.75, 3.05) is 6.54 Å². The standard InChI is InChI=1S/C18H18F2N2O3/c19-18(20)25-15-9-5-4-8-14(15)12-22-16(23)10-11-21-17(24)13-6-2-1-3-7-13/h1-9,18H,10-12H2,(H,21,24)(H,22,23). The van der Waals surface area contributed by atoms with Crippen molar-refractivity contribution in [2.24, 2.45) is 0 Å². The third-order valence-corrected chi connectivity index (χ3v) is 3.34. The minimum atomic E-state index is -2.93. The number of halogens is 2. The molecule has 2 aromatic rings. The van der Waals surface area contributed by atoms with Crippen molar-refractivity contribution in [1.29, 1.82) is 0 Å². The van der Waals surface area contributed by atoms with Crippen molar-refractivity contribution in [1.82, 2.24) is 10.6 Å². The van der Waals surface area contributed by atoms with Crippen molar-refractivity contribution < 1.29 is 23.1 Å². The molecule has 2 rings (SSSR count). The van der Waals surface area contributed by atoms with Gasteiger partial charge in [-0.2, -0.15) is 8.78 Å². The monoisotopic (exact) mass is 348 g/mol. The molecule has 0 saturated heterocycles. The number of rotatable bonds is 8. The largest absolute Gasteiger partial charge is 0.434 e. The molecular formula is C18H18F2N2O3. The summed E-state index contributed by atoms with van der Waals surface area (Å²) in [6.07, 6.45) is 0.0798. The van der Waals surface area contributed by atoms with Crippen LogP contribution in [0.15, 0.2) is 54.6 Å². The van der Waals surface area contributed by atoms with E-state index in [1.807, 2.05) is 0 Å². The van der Waals surface area contributed by atoms with Crippen LogP contribution in [0.4, 0.5) is 8.78 Å². The maximum Gasteiger partial charge on any atom is 0.387 e. The molecular weight excluding hydrogens is 330 g/mol. The Hall–Kier alpha value is -2.96. The van der Waals surface area contributed by atoms with E-state index >= 15 is 0 Å². The molecule has 2 N–H and O–H groups in total. The number of carbonyl (C=O) groups excluding carboxylic acids is 2. The third-order valence-electron chi connectivity index (χ3n) is 3.34. The quantitative estimate of drug-likeness (QED) is 0.771. The Morgan fingerprint density at radius 1 is 0.960 bits per heavy atom. The Morgan fingerprint density at radius 3 is 2.36 bits per heavy atom. The first-order chi connectivity index (χ1) is 12.1. The van der Waals surface area contributed by atoms with Gasteiger partial charge in [-0.3, -0.25) is 9.59 Å². The molecule has 2 aromatic carbocycles. The molecule has 0 fully saturated rings. The molecule has 132 valence electrons. The summed E-state index contributed by atoms with van der Waals surface area (Å²) < 4.78 is 29.1. The molecule has 0 spiro atoms. The van der Waals surface area contributed by atoms with Crippen LogP contribution in [0.5, 0.6) is 5.75 Å². The van der Waals surface area contributed by atoms with Crippen LogP contribution in [0.25, 0.3) is 0 Å². The van der Waals surface area contributed by atoms with Gasteiger partial charge < -0.3 is 15.4 Å². The maximum absolute atomic E-state index is 12.3. The summed E-state index contributed by atoms with van der Waals surface area (Å²) in [4.78, 5) is 23.6. The molecule has 0 aliphatic carbocycles. The number of hydrogen-bond donors (Lipinski definition) is 2. The topological polar surface area (TPSA) is 67.4 Å². The van der Waals surface area contributed by atoms with Crippen molar-refractivity contribution in [2.45, 2.75) is 19.6 Å². The number of ether oxygens (including phenoxy) is 1. The second-order valence-corrected chi connectivity index (χ2v) is 5.13. The molecule has 0 bridgehead atoms. The predicted molar refractivity (Wildman–Crippen MR) is 88.3 cm³/mol. The molecule has 25 heavy (non-hydrogen) atoms. The van der Waals surface area contributed by atoms with Gasteiger partial charge in [0.15, 0.2) is 0 Å². The third kappa shape index (κ3) is 6.21. The maximum atomic E-state index is 12.3. The lowest BCUT2D eigenvalue weighted by atomic mass is 10.2. The van der Waals surface area contributed by atoms with Crippen molar-refractivity contribution in [3.05, 3.63) is 65.7 Å². The van der Waals surface area contributed by atoms with E-state index in [4.69, 9.17) is 0 Å². The van der Waals surface area contributed by atoms with Gasteiger partial charge in [0, 0.05) is 30.6 Å². The van der Waals surface area contributed by atoms with E-state index in [1.54, 1.807) is 48.5 Å². The van der Waals surface area contributed by atoms with Crippen LogP contribution >= 0.6 is 0 Å². The van der Waals surface area contributed by atoms with E-state index in [9.17, 15) is 18.4 Å². The molecule has 7 heteroatoms. The Labute approximate surface area is 144 Å². The van der Waals surface area contributed by atoms with Crippen molar-refractivity contribution in [3.8, 4) is 5.75 Å². The molecule has 0 aliphatic rings. The zero-order valence-electron chi connectivity index (χ0n) is 13.4. The van der Waals surface area contributed by atoms with E-state index < -0.39 is 6.61 Å². The highest BCUT2D eigenvalue weighted by molar-refractivity contribution is 5.94. The lowest BCUT2D eigenvalue weighted by molar-refractivity contribution is -0.121. The minimum absolute atomic E-state index is 0.0233. The molecule has 0 heterocycles. The number of alkyl halides is 2. The zero-order chi connectivity index (χ0) is 18.1. The second-order valence-electron chi connectivity index (χ2n) is 5.13. The molecule has 2 amide bonds. The molecule has 0 aromatic heterocycles. The highest BCUT2D eigenvalue weighted by Crippen LogP contribution is 2.19. The van der Waals surface area contributed by atoms with Crippen LogP contribution in [0.1, 0.15) is 22.3 Å². The van der Waals surface area contributed by atoms with Crippen LogP contribution in [-0.2, 0) is 11.3 Å². The van der Waals surface area contributed by atoms with Gasteiger partial charge in [0.2, 0.25) is 5.91 Å². The normalized spacial score (nSPS) is 10.4. The molecule has 0 unspecified atom stereocenters. The van der Waals surface area contributed by atoms with Gasteiger partial charge >= 0.3 is 6.61 Å². The Morgan fingerprint density at radius 2 is 1.64 bits per heavy atom. The Kier molecular flexibility index (Phi) is 6.88. The number of carbonyl (C=O) groups is 2. The average Bonchev–Trinajstić information content (AvgIpc) is 2.61. The number of hydrogen-bond acceptors (Lipinski definition) is 3. The molecule has 0 aliphatic heterocycles. The Balaban J connectivity index is 1.75. The van der Waals surface area contributed by atoms with E-state index in [2.05, 4.69) is 15.4 Å². The van der Waals surface area contributed by atoms with E-state index in [0.717, 1.165) is 0 Å². The van der Waals surface area contributed by atoms with Gasteiger partial charge in [-0.25, -0.2) is 0 Å². The summed E-state index contributed by atoms with van der Waals surface area (Å²) in [7, 11) is 0. The Bertz CT molecular complexity index is 708. The van der Waals surface area contributed by atoms with Crippen molar-refractivity contribution in [3.63, 3.8) is 0 Å². The summed E-state index contributed by atoms with van der Waals surface area (Å²) in [5.41, 5.74) is 0.963. The summed E-state index contributed by atoms with van der Waals surface area (Å²) in [6, 6.07) is 14.9. The van der Waals surface area contributed by atoms with E-state index in [0.29, 0.717) is 11.1 Å². The summed E-state index contributed by atoms with van der Waals surface area (Å²) in [5, 5.41) is 5.25. The van der Waals surface area contributed by atoms with Crippen LogP contribution in [0.2, 0.25) is 0 Å². The molecule has 0 radical (unpaired) electrons. The molecule has 0 saturated carbocycles. The van der Waals surface area contributed by atoms with Crippen LogP contribution in [-0.4, -0.2) is 25.0 Å². The van der Waals surface area contributed by atoms with Crippen molar-refractivity contribution >= 4 is 11.8 Å². The highest BCUT2D eigenvalue weighted by atomic mass is 19.3. The minimum Gasteiger partial charge on any atom is -0.434 e. The SMILES string of the molecule is O=C(CCNC(=O)c1ccccc1)NCc1ccccc1OC(F)F. The number of nitrogens with one attached hydrogen (secondary N) is 2. The van der Waals surface area contributed by atoms with Gasteiger partial charge in [0.1, 0.15) is 5.75 Å². The van der Waals surface area contributed by atoms with Crippen LogP contribution in [0, 0.1) is 0 Å². The van der Waals surface area contributed by atoms with Crippen LogP contribution in [0.3, 0.4) is 0 Å². The first-order valence-corrected chi connectivity index (χ1v) is 7.69. The smallest absolute Gasteiger partial charge is 0.387 e. The van der Waals surface area contributed by atoms with Gasteiger partial charge in [0.25, 0.3) is 5.91 Å². The number of amides is 2. The summed E-state index contributed by atoms with van der Waals surface area (Å²) in [6.45, 7) is -2.69.